The fourth-order valence-electron chi connectivity index (χ4n) is 3.81. The lowest BCUT2D eigenvalue weighted by Crippen LogP contribution is -2.51. The lowest BCUT2D eigenvalue weighted by Gasteiger charge is -2.31. The van der Waals surface area contributed by atoms with Crippen LogP contribution in [-0.4, -0.2) is 54.4 Å². The first-order chi connectivity index (χ1) is 13.6. The van der Waals surface area contributed by atoms with Crippen molar-refractivity contribution in [2.45, 2.75) is 18.9 Å². The van der Waals surface area contributed by atoms with Crippen molar-refractivity contribution in [2.75, 3.05) is 20.2 Å². The van der Waals surface area contributed by atoms with Crippen LogP contribution in [0.25, 0.3) is 0 Å². The highest BCUT2D eigenvalue weighted by molar-refractivity contribution is 6.55. The van der Waals surface area contributed by atoms with Crippen molar-refractivity contribution in [3.63, 3.8) is 0 Å². The van der Waals surface area contributed by atoms with Crippen LogP contribution in [0.3, 0.4) is 0 Å². The number of Topliss-reactive ketones (excluding diaryl/α,β-unsaturated/α-hetero) is 2. The van der Waals surface area contributed by atoms with Gasteiger partial charge in [0.1, 0.15) is 11.8 Å². The minimum absolute atomic E-state index is 0.0815. The number of ketones is 2. The number of benzene rings is 2. The van der Waals surface area contributed by atoms with Crippen molar-refractivity contribution in [3.8, 4) is 0 Å². The average molecular weight is 376 g/mol. The molecule has 1 unspecified atom stereocenters. The number of ether oxygens (including phenoxy) is 1. The zero-order valence-corrected chi connectivity index (χ0v) is 15.6. The van der Waals surface area contributed by atoms with E-state index in [9.17, 15) is 14.4 Å². The first-order valence-corrected chi connectivity index (χ1v) is 9.29. The molecule has 1 atom stereocenters. The van der Waals surface area contributed by atoms with Crippen LogP contribution in [0, 0.1) is 0 Å². The second-order valence-corrected chi connectivity index (χ2v) is 6.92. The summed E-state index contributed by atoms with van der Waals surface area (Å²) in [6.45, 7) is 1.54. The van der Waals surface area contributed by atoms with E-state index in [-0.39, 0.29) is 17.3 Å². The van der Waals surface area contributed by atoms with Crippen molar-refractivity contribution < 1.29 is 19.1 Å². The smallest absolute Gasteiger partial charge is 0.337 e. The first-order valence-electron chi connectivity index (χ1n) is 9.29. The van der Waals surface area contributed by atoms with Crippen LogP contribution in [0.15, 0.2) is 53.5 Å². The minimum atomic E-state index is -0.662. The number of rotatable bonds is 3. The van der Waals surface area contributed by atoms with Gasteiger partial charge in [0.15, 0.2) is 5.78 Å². The summed E-state index contributed by atoms with van der Waals surface area (Å²) in [6.07, 6.45) is 2.00. The fraction of sp³-hybridized carbons (Fsp3) is 0.273. The van der Waals surface area contributed by atoms with Crippen molar-refractivity contribution >= 4 is 28.9 Å². The summed E-state index contributed by atoms with van der Waals surface area (Å²) < 4.78 is 4.70. The molecule has 6 nitrogen and oxygen atoms in total. The van der Waals surface area contributed by atoms with E-state index in [2.05, 4.69) is 4.99 Å². The van der Waals surface area contributed by atoms with Crippen LogP contribution in [0.4, 0.5) is 5.69 Å². The number of nitrogens with zero attached hydrogens (tertiary/aromatic N) is 2. The molecule has 1 saturated heterocycles. The molecule has 4 rings (SSSR count). The van der Waals surface area contributed by atoms with Crippen LogP contribution >= 0.6 is 0 Å². The third-order valence-electron chi connectivity index (χ3n) is 5.22. The first kappa shape index (κ1) is 18.3. The molecule has 28 heavy (non-hydrogen) atoms. The summed E-state index contributed by atoms with van der Waals surface area (Å²) in [7, 11) is 1.32. The van der Waals surface area contributed by atoms with E-state index in [1.807, 2.05) is 4.90 Å². The Labute approximate surface area is 162 Å². The van der Waals surface area contributed by atoms with E-state index in [0.29, 0.717) is 22.4 Å². The SMILES string of the molecule is COC(=O)c1ccc(N=C2C(=O)c3ccccc3C(=O)C2N2CCCC2)cc1. The van der Waals surface area contributed by atoms with Crippen LogP contribution in [0.5, 0.6) is 0 Å². The molecule has 1 aliphatic carbocycles. The molecule has 0 saturated carbocycles. The van der Waals surface area contributed by atoms with E-state index in [1.54, 1.807) is 48.5 Å². The topological polar surface area (TPSA) is 76.0 Å². The molecule has 0 amide bonds. The second-order valence-electron chi connectivity index (χ2n) is 6.92. The average Bonchev–Trinajstić information content (AvgIpc) is 3.26. The predicted octanol–water partition coefficient (Wildman–Crippen LogP) is 3.09. The van der Waals surface area contributed by atoms with Gasteiger partial charge in [-0.1, -0.05) is 24.3 Å². The zero-order valence-electron chi connectivity index (χ0n) is 15.6. The highest BCUT2D eigenvalue weighted by Crippen LogP contribution is 2.27. The number of hydrogen-bond donors (Lipinski definition) is 0. The maximum Gasteiger partial charge on any atom is 0.337 e. The van der Waals surface area contributed by atoms with Crippen LogP contribution in [0.2, 0.25) is 0 Å². The van der Waals surface area contributed by atoms with Crippen molar-refractivity contribution in [3.05, 3.63) is 65.2 Å². The van der Waals surface area contributed by atoms with E-state index >= 15 is 0 Å². The van der Waals surface area contributed by atoms with Gasteiger partial charge in [0, 0.05) is 11.1 Å². The monoisotopic (exact) mass is 376 g/mol. The fourth-order valence-corrected chi connectivity index (χ4v) is 3.81. The number of methoxy groups -OCH3 is 1. The summed E-state index contributed by atoms with van der Waals surface area (Å²) in [4.78, 5) is 44.6. The second kappa shape index (κ2) is 7.48. The predicted molar refractivity (Wildman–Crippen MR) is 105 cm³/mol. The van der Waals surface area contributed by atoms with Gasteiger partial charge < -0.3 is 4.74 Å². The number of fused-ring (bicyclic) bond motifs is 1. The molecule has 2 aliphatic rings. The molecule has 2 aromatic carbocycles. The molecular formula is C22H20N2O4. The number of carbonyl (C=O) groups excluding carboxylic acids is 3. The third-order valence-corrected chi connectivity index (χ3v) is 5.22. The number of likely N-dealkylation sites (tertiary alicyclic amines) is 1. The number of carbonyl (C=O) groups is 3. The van der Waals surface area contributed by atoms with Gasteiger partial charge >= 0.3 is 5.97 Å². The number of aliphatic imine (C=N–C) groups is 1. The van der Waals surface area contributed by atoms with Gasteiger partial charge in [-0.3, -0.25) is 14.5 Å². The Balaban J connectivity index is 1.78. The molecule has 0 N–H and O–H groups in total. The van der Waals surface area contributed by atoms with Crippen LogP contribution < -0.4 is 0 Å². The lowest BCUT2D eigenvalue weighted by molar-refractivity contribution is 0.0600. The number of esters is 1. The Morgan fingerprint density at radius 2 is 1.64 bits per heavy atom. The minimum Gasteiger partial charge on any atom is -0.465 e. The molecule has 1 aliphatic heterocycles. The Morgan fingerprint density at radius 1 is 1.00 bits per heavy atom. The summed E-state index contributed by atoms with van der Waals surface area (Å²) >= 11 is 0. The molecule has 1 fully saturated rings. The molecule has 6 heteroatoms. The van der Waals surface area contributed by atoms with Gasteiger partial charge in [-0.05, 0) is 50.2 Å². The molecular weight excluding hydrogens is 356 g/mol. The van der Waals surface area contributed by atoms with Gasteiger partial charge in [0.25, 0.3) is 0 Å². The van der Waals surface area contributed by atoms with Crippen molar-refractivity contribution in [1.29, 1.82) is 0 Å². The van der Waals surface area contributed by atoms with Gasteiger partial charge in [-0.2, -0.15) is 0 Å². The van der Waals surface area contributed by atoms with Gasteiger partial charge in [0.2, 0.25) is 5.78 Å². The molecule has 0 bridgehead atoms. The van der Waals surface area contributed by atoms with E-state index < -0.39 is 12.0 Å². The van der Waals surface area contributed by atoms with E-state index in [0.717, 1.165) is 25.9 Å². The zero-order chi connectivity index (χ0) is 19.7. The molecule has 142 valence electrons. The summed E-state index contributed by atoms with van der Waals surface area (Å²) in [5, 5.41) is 0. The Hall–Kier alpha value is -3.12. The Kier molecular flexibility index (Phi) is 4.88. The standard InChI is InChI=1S/C22H20N2O4/c1-28-22(27)14-8-10-15(11-9-14)23-18-19(24-12-4-5-13-24)21(26)17-7-3-2-6-16(17)20(18)25/h2-3,6-11,19H,4-5,12-13H2,1H3. The van der Waals surface area contributed by atoms with Crippen molar-refractivity contribution in [1.82, 2.24) is 4.90 Å². The summed E-state index contributed by atoms with van der Waals surface area (Å²) in [5.41, 5.74) is 2.03. The largest absolute Gasteiger partial charge is 0.465 e. The van der Waals surface area contributed by atoms with Gasteiger partial charge in [0.05, 0.1) is 18.4 Å². The van der Waals surface area contributed by atoms with Crippen LogP contribution in [0.1, 0.15) is 43.9 Å². The molecule has 0 radical (unpaired) electrons. The summed E-state index contributed by atoms with van der Waals surface area (Å²) in [6, 6.07) is 12.7. The van der Waals surface area contributed by atoms with Gasteiger partial charge in [-0.25, -0.2) is 9.79 Å². The lowest BCUT2D eigenvalue weighted by atomic mass is 9.83. The molecule has 1 heterocycles. The Bertz CT molecular complexity index is 972. The Morgan fingerprint density at radius 3 is 2.29 bits per heavy atom. The van der Waals surface area contributed by atoms with Crippen molar-refractivity contribution in [2.24, 2.45) is 4.99 Å². The third kappa shape index (κ3) is 3.16. The highest BCUT2D eigenvalue weighted by atomic mass is 16.5. The maximum atomic E-state index is 13.2. The summed E-state index contributed by atoms with van der Waals surface area (Å²) in [5.74, 6) is -0.738. The molecule has 2 aromatic rings. The quantitative estimate of drug-likeness (QED) is 0.770. The normalized spacial score (nSPS) is 21.0. The highest BCUT2D eigenvalue weighted by Gasteiger charge is 2.42. The van der Waals surface area contributed by atoms with Crippen LogP contribution in [-0.2, 0) is 4.74 Å². The maximum absolute atomic E-state index is 13.2. The number of hydrogen-bond acceptors (Lipinski definition) is 6. The van der Waals surface area contributed by atoms with Gasteiger partial charge in [-0.15, -0.1) is 0 Å². The van der Waals surface area contributed by atoms with E-state index in [1.165, 1.54) is 7.11 Å². The molecule has 0 spiro atoms. The molecule has 0 aromatic heterocycles. The van der Waals surface area contributed by atoms with E-state index in [4.69, 9.17) is 4.74 Å².